The van der Waals surface area contributed by atoms with Crippen molar-refractivity contribution in [2.45, 2.75) is 19.4 Å². The summed E-state index contributed by atoms with van der Waals surface area (Å²) in [4.78, 5) is 1.67. The first-order chi connectivity index (χ1) is 8.30. The molecule has 3 nitrogen and oxygen atoms in total. The van der Waals surface area contributed by atoms with Crippen LogP contribution in [-0.4, -0.2) is 33.3 Å². The van der Waals surface area contributed by atoms with Crippen LogP contribution in [0.25, 0.3) is 0 Å². The summed E-state index contributed by atoms with van der Waals surface area (Å²) in [5.74, 6) is -1.15. The third-order valence-electron chi connectivity index (χ3n) is 2.94. The van der Waals surface area contributed by atoms with Crippen molar-refractivity contribution in [3.63, 3.8) is 0 Å². The topological polar surface area (TPSA) is 24.5 Å². The molecule has 0 aromatic heterocycles. The van der Waals surface area contributed by atoms with Crippen molar-refractivity contribution >= 4 is 5.69 Å². The van der Waals surface area contributed by atoms with Gasteiger partial charge < -0.3 is 15.0 Å². The molecule has 0 aliphatic carbocycles. The van der Waals surface area contributed by atoms with Crippen LogP contribution < -0.4 is 15.0 Å². The molecule has 0 saturated heterocycles. The molecule has 0 aliphatic heterocycles. The Balaban J connectivity index is 2.99. The van der Waals surface area contributed by atoms with E-state index in [2.05, 4.69) is 5.32 Å². The fourth-order valence-corrected chi connectivity index (χ4v) is 1.72. The third-order valence-corrected chi connectivity index (χ3v) is 2.94. The number of benzene rings is 1. The average Bonchev–Trinajstić information content (AvgIpc) is 2.30. The molecule has 0 unspecified atom stereocenters. The summed E-state index contributed by atoms with van der Waals surface area (Å²) in [7, 11) is 4.87. The van der Waals surface area contributed by atoms with Crippen LogP contribution in [0.4, 0.5) is 14.5 Å². The second-order valence-corrected chi connectivity index (χ2v) is 4.93. The second kappa shape index (κ2) is 5.52. The minimum atomic E-state index is -0.567. The van der Waals surface area contributed by atoms with Crippen molar-refractivity contribution in [2.75, 3.05) is 32.6 Å². The van der Waals surface area contributed by atoms with Gasteiger partial charge in [-0.1, -0.05) is 0 Å². The van der Waals surface area contributed by atoms with Crippen LogP contribution in [0.2, 0.25) is 0 Å². The van der Waals surface area contributed by atoms with Gasteiger partial charge in [-0.2, -0.15) is 0 Å². The van der Waals surface area contributed by atoms with Gasteiger partial charge in [-0.15, -0.1) is 0 Å². The predicted octanol–water partition coefficient (Wildman–Crippen LogP) is 2.41. The molecule has 102 valence electrons. The Labute approximate surface area is 107 Å². The van der Waals surface area contributed by atoms with Crippen molar-refractivity contribution in [2.24, 2.45) is 0 Å². The fourth-order valence-electron chi connectivity index (χ4n) is 1.72. The van der Waals surface area contributed by atoms with E-state index >= 15 is 0 Å². The number of likely N-dealkylation sites (N-methyl/N-ethyl adjacent to an activating group) is 2. The molecular weight excluding hydrogens is 238 g/mol. The van der Waals surface area contributed by atoms with Crippen LogP contribution in [0.15, 0.2) is 12.1 Å². The van der Waals surface area contributed by atoms with Gasteiger partial charge in [0.15, 0.2) is 11.6 Å². The van der Waals surface area contributed by atoms with Crippen LogP contribution in [0, 0.1) is 11.6 Å². The highest BCUT2D eigenvalue weighted by molar-refractivity contribution is 5.51. The van der Waals surface area contributed by atoms with Crippen molar-refractivity contribution in [1.29, 1.82) is 0 Å². The lowest BCUT2D eigenvalue weighted by Gasteiger charge is -2.31. The normalized spacial score (nSPS) is 11.5. The second-order valence-electron chi connectivity index (χ2n) is 4.93. The van der Waals surface area contributed by atoms with E-state index in [9.17, 15) is 8.78 Å². The number of methoxy groups -OCH3 is 1. The molecule has 1 aromatic carbocycles. The molecule has 1 aromatic rings. The Hall–Kier alpha value is -1.36. The quantitative estimate of drug-likeness (QED) is 0.877. The molecule has 0 spiro atoms. The van der Waals surface area contributed by atoms with Gasteiger partial charge in [0, 0.05) is 31.3 Å². The Bertz CT molecular complexity index is 422. The SMILES string of the molecule is CNC(C)(C)CN(C)c1cc(F)c(OC)cc1F. The van der Waals surface area contributed by atoms with E-state index in [-0.39, 0.29) is 17.0 Å². The summed E-state index contributed by atoms with van der Waals surface area (Å²) in [5.41, 5.74) is 0.0223. The van der Waals surface area contributed by atoms with E-state index in [0.717, 1.165) is 12.1 Å². The minimum Gasteiger partial charge on any atom is -0.494 e. The Morgan fingerprint density at radius 2 is 1.89 bits per heavy atom. The molecule has 0 heterocycles. The number of ether oxygens (including phenoxy) is 1. The smallest absolute Gasteiger partial charge is 0.167 e. The Morgan fingerprint density at radius 3 is 2.39 bits per heavy atom. The number of hydrogen-bond acceptors (Lipinski definition) is 3. The highest BCUT2D eigenvalue weighted by atomic mass is 19.1. The maximum absolute atomic E-state index is 13.8. The van der Waals surface area contributed by atoms with Gasteiger partial charge in [0.1, 0.15) is 5.82 Å². The van der Waals surface area contributed by atoms with Crippen molar-refractivity contribution < 1.29 is 13.5 Å². The lowest BCUT2D eigenvalue weighted by molar-refractivity contribution is 0.382. The summed E-state index contributed by atoms with van der Waals surface area (Å²) >= 11 is 0. The van der Waals surface area contributed by atoms with Crippen LogP contribution in [0.3, 0.4) is 0 Å². The van der Waals surface area contributed by atoms with E-state index in [1.54, 1.807) is 11.9 Å². The molecule has 1 N–H and O–H groups in total. The summed E-state index contributed by atoms with van der Waals surface area (Å²) in [5, 5.41) is 3.12. The minimum absolute atomic E-state index is 0.0856. The number of hydrogen-bond donors (Lipinski definition) is 1. The summed E-state index contributed by atoms with van der Waals surface area (Å²) in [6.07, 6.45) is 0. The van der Waals surface area contributed by atoms with E-state index in [4.69, 9.17) is 4.74 Å². The van der Waals surface area contributed by atoms with Crippen LogP contribution in [0.5, 0.6) is 5.75 Å². The summed E-state index contributed by atoms with van der Waals surface area (Å²) < 4.78 is 32.1. The van der Waals surface area contributed by atoms with Gasteiger partial charge in [0.2, 0.25) is 0 Å². The van der Waals surface area contributed by atoms with Crippen molar-refractivity contribution in [1.82, 2.24) is 5.32 Å². The molecule has 1 rings (SSSR count). The summed E-state index contributed by atoms with van der Waals surface area (Å²) in [6.45, 7) is 4.52. The number of anilines is 1. The molecule has 0 radical (unpaired) electrons. The van der Waals surface area contributed by atoms with E-state index in [0.29, 0.717) is 6.54 Å². The largest absolute Gasteiger partial charge is 0.494 e. The first-order valence-corrected chi connectivity index (χ1v) is 5.74. The lowest BCUT2D eigenvalue weighted by Crippen LogP contribution is -2.46. The predicted molar refractivity (Wildman–Crippen MR) is 69.3 cm³/mol. The van der Waals surface area contributed by atoms with E-state index in [1.165, 1.54) is 7.11 Å². The first-order valence-electron chi connectivity index (χ1n) is 5.74. The molecule has 0 aliphatic rings. The fraction of sp³-hybridized carbons (Fsp3) is 0.538. The van der Waals surface area contributed by atoms with Crippen molar-refractivity contribution in [3.8, 4) is 5.75 Å². The summed E-state index contributed by atoms with van der Waals surface area (Å²) in [6, 6.07) is 2.22. The number of nitrogens with zero attached hydrogens (tertiary/aromatic N) is 1. The number of halogens is 2. The Kier molecular flexibility index (Phi) is 4.51. The number of rotatable bonds is 5. The van der Waals surface area contributed by atoms with Gasteiger partial charge >= 0.3 is 0 Å². The average molecular weight is 258 g/mol. The zero-order valence-corrected chi connectivity index (χ0v) is 11.5. The monoisotopic (exact) mass is 258 g/mol. The standard InChI is InChI=1S/C13H20F2N2O/c1-13(2,16-3)8-17(4)11-6-10(15)12(18-5)7-9(11)14/h6-7,16H,8H2,1-5H3. The van der Waals surface area contributed by atoms with Gasteiger partial charge in [-0.05, 0) is 20.9 Å². The van der Waals surface area contributed by atoms with Crippen molar-refractivity contribution in [3.05, 3.63) is 23.8 Å². The number of nitrogens with one attached hydrogen (secondary N) is 1. The molecule has 5 heteroatoms. The van der Waals surface area contributed by atoms with E-state index < -0.39 is 11.6 Å². The van der Waals surface area contributed by atoms with Gasteiger partial charge in [0.25, 0.3) is 0 Å². The lowest BCUT2D eigenvalue weighted by atomic mass is 10.1. The Morgan fingerprint density at radius 1 is 1.28 bits per heavy atom. The van der Waals surface area contributed by atoms with Crippen LogP contribution >= 0.6 is 0 Å². The van der Waals surface area contributed by atoms with Gasteiger partial charge in [-0.25, -0.2) is 8.78 Å². The van der Waals surface area contributed by atoms with Crippen LogP contribution in [0.1, 0.15) is 13.8 Å². The molecule has 18 heavy (non-hydrogen) atoms. The van der Waals surface area contributed by atoms with Crippen LogP contribution in [-0.2, 0) is 0 Å². The maximum atomic E-state index is 13.8. The highest BCUT2D eigenvalue weighted by Crippen LogP contribution is 2.27. The molecule has 0 saturated carbocycles. The van der Waals surface area contributed by atoms with Gasteiger partial charge in [0.05, 0.1) is 12.8 Å². The van der Waals surface area contributed by atoms with E-state index in [1.807, 2.05) is 20.9 Å². The zero-order chi connectivity index (χ0) is 13.9. The molecule has 0 amide bonds. The zero-order valence-electron chi connectivity index (χ0n) is 11.5. The highest BCUT2D eigenvalue weighted by Gasteiger charge is 2.20. The first kappa shape index (κ1) is 14.7. The van der Waals surface area contributed by atoms with Gasteiger partial charge in [-0.3, -0.25) is 0 Å². The molecular formula is C13H20F2N2O. The molecule has 0 fully saturated rings. The molecule has 0 bridgehead atoms. The molecule has 0 atom stereocenters. The maximum Gasteiger partial charge on any atom is 0.167 e. The third kappa shape index (κ3) is 3.32.